The van der Waals surface area contributed by atoms with Gasteiger partial charge in [0.05, 0.1) is 92.2 Å². The SMILES string of the molecule is CCCCC(=COCC(C)/C(C(=O)O)=C(/C(=O)O)C(C)COC=C(CC)CCCC)CC.CCCCC=CC=COCC(C)c1c(C(=O)O)c(C(=O)O)c(C(C)COC=CC=CCCCC)c(C(C)COC=CC=CCCCC)c1C(=O)O. The summed E-state index contributed by atoms with van der Waals surface area (Å²) in [5.74, 6) is -10.1. The van der Waals surface area contributed by atoms with Gasteiger partial charge in [-0.1, -0.05) is 171 Å². The summed E-state index contributed by atoms with van der Waals surface area (Å²) in [6.07, 6.45) is 41.9. The van der Waals surface area contributed by atoms with Gasteiger partial charge in [-0.05, 0) is 104 Å². The predicted octanol–water partition coefficient (Wildman–Crippen LogP) is 17.6. The number of aliphatic carboxylic acids is 2. The van der Waals surface area contributed by atoms with E-state index in [-0.39, 0.29) is 66.4 Å². The molecule has 15 nitrogen and oxygen atoms in total. The summed E-state index contributed by atoms with van der Waals surface area (Å²) in [7, 11) is 0. The highest BCUT2D eigenvalue weighted by Crippen LogP contribution is 2.41. The Hall–Kier alpha value is -6.77. The fraction of sp³-hybridized carbons (Fsp3) is 0.574. The molecule has 15 heteroatoms. The van der Waals surface area contributed by atoms with E-state index in [1.807, 2.05) is 36.5 Å². The largest absolute Gasteiger partial charge is 0.501 e. The molecule has 466 valence electrons. The number of aromatic carboxylic acids is 3. The number of unbranched alkanes of at least 4 members (excludes halogenated alkanes) is 8. The van der Waals surface area contributed by atoms with Crippen molar-refractivity contribution in [2.45, 2.75) is 210 Å². The van der Waals surface area contributed by atoms with Crippen LogP contribution in [0.3, 0.4) is 0 Å². The van der Waals surface area contributed by atoms with Crippen LogP contribution in [0.1, 0.15) is 258 Å². The predicted molar refractivity (Wildman–Crippen MR) is 332 cm³/mol. The third-order valence-corrected chi connectivity index (χ3v) is 13.8. The van der Waals surface area contributed by atoms with Gasteiger partial charge in [-0.15, -0.1) is 0 Å². The second-order valence-electron chi connectivity index (χ2n) is 21.1. The molecule has 5 atom stereocenters. The molecule has 1 aromatic carbocycles. The molecule has 5 unspecified atom stereocenters. The van der Waals surface area contributed by atoms with Gasteiger partial charge in [0.25, 0.3) is 0 Å². The van der Waals surface area contributed by atoms with E-state index in [4.69, 9.17) is 23.7 Å². The second kappa shape index (κ2) is 46.7. The van der Waals surface area contributed by atoms with Gasteiger partial charge in [0.2, 0.25) is 0 Å². The fourth-order valence-electron chi connectivity index (χ4n) is 9.06. The average Bonchev–Trinajstić information content (AvgIpc) is 3.59. The van der Waals surface area contributed by atoms with Crippen LogP contribution in [0.5, 0.6) is 0 Å². The average molecular weight is 1160 g/mol. The monoisotopic (exact) mass is 1160 g/mol. The Bertz CT molecular complexity index is 2300. The first-order valence-corrected chi connectivity index (χ1v) is 30.3. The molecule has 1 rings (SSSR count). The topological polar surface area (TPSA) is 233 Å². The van der Waals surface area contributed by atoms with Crippen LogP contribution in [-0.2, 0) is 33.3 Å². The van der Waals surface area contributed by atoms with Crippen molar-refractivity contribution in [3.8, 4) is 0 Å². The highest BCUT2D eigenvalue weighted by Gasteiger charge is 2.38. The Morgan fingerprint density at radius 2 is 0.687 bits per heavy atom. The van der Waals surface area contributed by atoms with Crippen LogP contribution >= 0.6 is 0 Å². The number of carbonyl (C=O) groups is 5. The molecular weight excluding hydrogens is 1060 g/mol. The Kier molecular flexibility index (Phi) is 42.9. The molecule has 0 aliphatic rings. The molecule has 0 fully saturated rings. The number of allylic oxidation sites excluding steroid dienone is 11. The Morgan fingerprint density at radius 1 is 0.386 bits per heavy atom. The summed E-state index contributed by atoms with van der Waals surface area (Å²) in [6, 6.07) is 0. The molecule has 0 bridgehead atoms. The van der Waals surface area contributed by atoms with E-state index >= 15 is 0 Å². The Labute approximate surface area is 497 Å². The molecule has 5 N–H and O–H groups in total. The van der Waals surface area contributed by atoms with Crippen LogP contribution in [0.15, 0.2) is 108 Å². The van der Waals surface area contributed by atoms with Gasteiger partial charge in [-0.3, -0.25) is 0 Å². The summed E-state index contributed by atoms with van der Waals surface area (Å²) in [5.41, 5.74) is 0.994. The lowest BCUT2D eigenvalue weighted by Gasteiger charge is -2.29. The zero-order valence-electron chi connectivity index (χ0n) is 52.3. The van der Waals surface area contributed by atoms with Crippen molar-refractivity contribution in [3.63, 3.8) is 0 Å². The van der Waals surface area contributed by atoms with Crippen LogP contribution in [0.25, 0.3) is 0 Å². The smallest absolute Gasteiger partial charge is 0.336 e. The Morgan fingerprint density at radius 3 is 0.976 bits per heavy atom. The molecule has 0 amide bonds. The van der Waals surface area contributed by atoms with Crippen molar-refractivity contribution < 1.29 is 73.2 Å². The maximum atomic E-state index is 13.2. The van der Waals surface area contributed by atoms with E-state index in [0.29, 0.717) is 0 Å². The lowest BCUT2D eigenvalue weighted by molar-refractivity contribution is -0.137. The molecule has 1 aromatic rings. The lowest BCUT2D eigenvalue weighted by Crippen LogP contribution is -2.27. The zero-order chi connectivity index (χ0) is 62.5. The summed E-state index contributed by atoms with van der Waals surface area (Å²) < 4.78 is 28.6. The minimum atomic E-state index is -1.54. The van der Waals surface area contributed by atoms with Crippen LogP contribution in [0.2, 0.25) is 0 Å². The molecule has 0 saturated heterocycles. The highest BCUT2D eigenvalue weighted by molar-refractivity contribution is 6.08. The maximum Gasteiger partial charge on any atom is 0.336 e. The van der Waals surface area contributed by atoms with Gasteiger partial charge in [0.1, 0.15) is 0 Å². The van der Waals surface area contributed by atoms with Crippen LogP contribution in [-0.4, -0.2) is 88.4 Å². The van der Waals surface area contributed by atoms with Crippen molar-refractivity contribution in [1.29, 1.82) is 0 Å². The molecular formula is C68H104O15. The molecule has 0 aliphatic carbocycles. The van der Waals surface area contributed by atoms with Crippen molar-refractivity contribution in [3.05, 3.63) is 142 Å². The number of benzene rings is 1. The first-order chi connectivity index (χ1) is 39.8. The quantitative estimate of drug-likeness (QED) is 0.0177. The maximum absolute atomic E-state index is 13.2. The number of carboxylic acid groups (broad SMARTS) is 5. The van der Waals surface area contributed by atoms with E-state index in [1.165, 1.54) is 29.9 Å². The molecule has 0 heterocycles. The minimum absolute atomic E-state index is 0.0185. The summed E-state index contributed by atoms with van der Waals surface area (Å²) >= 11 is 0. The number of rotatable bonds is 45. The van der Waals surface area contributed by atoms with Gasteiger partial charge in [0.15, 0.2) is 0 Å². The first kappa shape index (κ1) is 76.2. The molecule has 0 aliphatic heterocycles. The van der Waals surface area contributed by atoms with Gasteiger partial charge in [-0.25, -0.2) is 24.0 Å². The normalized spacial score (nSPS) is 14.4. The molecule has 0 spiro atoms. The lowest BCUT2D eigenvalue weighted by atomic mass is 9.75. The fourth-order valence-corrected chi connectivity index (χ4v) is 9.06. The van der Waals surface area contributed by atoms with E-state index in [0.717, 1.165) is 109 Å². The third-order valence-electron chi connectivity index (χ3n) is 13.8. The molecule has 83 heavy (non-hydrogen) atoms. The summed E-state index contributed by atoms with van der Waals surface area (Å²) in [6.45, 7) is 23.3. The van der Waals surface area contributed by atoms with Crippen molar-refractivity contribution in [2.75, 3.05) is 33.0 Å². The van der Waals surface area contributed by atoms with E-state index in [2.05, 4.69) is 48.5 Å². The zero-order valence-corrected chi connectivity index (χ0v) is 52.3. The number of hydrogen-bond donors (Lipinski definition) is 5. The standard InChI is InChI=1S/C42H60O9.C26H44O6/c1-7-10-13-16-19-22-25-49-28-31(4)34-35(32(5)29-50-26-23-20-17-14-11-8-2)38(41(45)46)39(42(47)48)36(37(34)40(43)44)33(6)30-51-27-24-21-18-15-12-9-3;1-7-11-13-21(9-3)17-31-15-19(5)23(25(27)28)24(26(29)30)20(6)16-32-18-22(10-4)14-12-8-2/h16-27,31-33H,7-15,28-30H2,1-6H3,(H,43,44)(H,45,46)(H,47,48);17-20H,7-16H2,1-6H3,(H,27,28)(H,29,30)/b;21-17?,22-18?,24-23-. The molecule has 0 aromatic heterocycles. The number of ether oxygens (including phenoxy) is 5. The van der Waals surface area contributed by atoms with E-state index in [1.54, 1.807) is 65.4 Å². The van der Waals surface area contributed by atoms with Crippen molar-refractivity contribution >= 4 is 29.8 Å². The van der Waals surface area contributed by atoms with E-state index < -0.39 is 70.6 Å². The highest BCUT2D eigenvalue weighted by atomic mass is 16.5. The first-order valence-electron chi connectivity index (χ1n) is 30.3. The Balaban J connectivity index is 0.00000181. The van der Waals surface area contributed by atoms with Crippen LogP contribution in [0, 0.1) is 11.8 Å². The van der Waals surface area contributed by atoms with Gasteiger partial charge in [0, 0.05) is 29.6 Å². The van der Waals surface area contributed by atoms with Gasteiger partial charge in [-0.2, -0.15) is 0 Å². The second-order valence-corrected chi connectivity index (χ2v) is 21.1. The summed E-state index contributed by atoms with van der Waals surface area (Å²) in [4.78, 5) is 63.1. The van der Waals surface area contributed by atoms with Crippen molar-refractivity contribution in [1.82, 2.24) is 0 Å². The van der Waals surface area contributed by atoms with Gasteiger partial charge >= 0.3 is 29.8 Å². The van der Waals surface area contributed by atoms with Gasteiger partial charge < -0.3 is 49.2 Å². The number of hydrogen-bond acceptors (Lipinski definition) is 10. The molecule has 0 saturated carbocycles. The molecule has 0 radical (unpaired) electrons. The summed E-state index contributed by atoms with van der Waals surface area (Å²) in [5, 5.41) is 51.4. The van der Waals surface area contributed by atoms with Crippen molar-refractivity contribution in [2.24, 2.45) is 11.8 Å². The van der Waals surface area contributed by atoms with Crippen LogP contribution in [0.4, 0.5) is 0 Å². The number of carboxylic acids is 5. The third kappa shape index (κ3) is 30.4. The van der Waals surface area contributed by atoms with Crippen LogP contribution < -0.4 is 0 Å². The van der Waals surface area contributed by atoms with E-state index in [9.17, 15) is 49.5 Å². The minimum Gasteiger partial charge on any atom is -0.501 e.